The summed E-state index contributed by atoms with van der Waals surface area (Å²) in [5.74, 6) is 1.77. The second kappa shape index (κ2) is 8.06. The molecule has 0 unspecified atom stereocenters. The van der Waals surface area contributed by atoms with Gasteiger partial charge in [0.15, 0.2) is 0 Å². The highest BCUT2D eigenvalue weighted by Crippen LogP contribution is 2.29. The topological polar surface area (TPSA) is 57.8 Å². The number of aromatic nitrogens is 2. The van der Waals surface area contributed by atoms with Crippen LogP contribution in [0.15, 0.2) is 41.8 Å². The number of para-hydroxylation sites is 2. The fourth-order valence-corrected chi connectivity index (χ4v) is 4.40. The number of rotatable bonds is 7. The quantitative estimate of drug-likeness (QED) is 0.617. The van der Waals surface area contributed by atoms with Crippen LogP contribution in [0, 0.1) is 5.92 Å². The highest BCUT2D eigenvalue weighted by molar-refractivity contribution is 8.00. The summed E-state index contributed by atoms with van der Waals surface area (Å²) in [4.78, 5) is 21.6. The van der Waals surface area contributed by atoms with Crippen LogP contribution in [0.2, 0.25) is 0 Å². The summed E-state index contributed by atoms with van der Waals surface area (Å²) >= 11 is 3.29. The lowest BCUT2D eigenvalue weighted by Crippen LogP contribution is -2.32. The molecule has 0 aliphatic carbocycles. The molecule has 1 aromatic carbocycles. The Morgan fingerprint density at radius 2 is 2.04 bits per heavy atom. The Labute approximate surface area is 156 Å². The standard InChI is InChI=1S/C19H23N3OS2/c1-12(2)18(16-9-6-10-24-16)22-17(23)11-25-13(3)19-20-14-7-4-5-8-15(14)21-19/h4-10,12-13,18H,11H2,1-3H3,(H,20,21)(H,22,23)/t13-,18+/m0/s1. The first-order chi connectivity index (χ1) is 12.0. The number of thioether (sulfide) groups is 1. The molecule has 3 rings (SSSR count). The van der Waals surface area contributed by atoms with E-state index in [-0.39, 0.29) is 17.2 Å². The molecule has 0 fully saturated rings. The molecule has 2 atom stereocenters. The van der Waals surface area contributed by atoms with Crippen LogP contribution in [0.4, 0.5) is 0 Å². The van der Waals surface area contributed by atoms with Gasteiger partial charge in [-0.1, -0.05) is 32.0 Å². The molecule has 0 saturated carbocycles. The summed E-state index contributed by atoms with van der Waals surface area (Å²) in [6.45, 7) is 6.35. The summed E-state index contributed by atoms with van der Waals surface area (Å²) in [5, 5.41) is 5.36. The van der Waals surface area contributed by atoms with E-state index >= 15 is 0 Å². The van der Waals surface area contributed by atoms with Gasteiger partial charge in [0, 0.05) is 4.88 Å². The Hall–Kier alpha value is -1.79. The zero-order chi connectivity index (χ0) is 17.8. The number of carbonyl (C=O) groups is 1. The van der Waals surface area contributed by atoms with Gasteiger partial charge in [-0.3, -0.25) is 4.79 Å². The van der Waals surface area contributed by atoms with Gasteiger partial charge in [-0.15, -0.1) is 23.1 Å². The molecular weight excluding hydrogens is 350 g/mol. The van der Waals surface area contributed by atoms with Gasteiger partial charge in [0.2, 0.25) is 5.91 Å². The zero-order valence-corrected chi connectivity index (χ0v) is 16.3. The number of H-pyrrole nitrogens is 1. The molecule has 1 amide bonds. The van der Waals surface area contributed by atoms with Crippen LogP contribution in [0.3, 0.4) is 0 Å². The molecule has 4 nitrogen and oxygen atoms in total. The van der Waals surface area contributed by atoms with Gasteiger partial charge in [0.05, 0.1) is 28.1 Å². The SMILES string of the molecule is CC(C)[C@@H](NC(=O)CS[C@@H](C)c1nc2ccccc2[nH]1)c1cccs1. The van der Waals surface area contributed by atoms with E-state index < -0.39 is 0 Å². The van der Waals surface area contributed by atoms with Crippen molar-refractivity contribution in [3.8, 4) is 0 Å². The van der Waals surface area contributed by atoms with E-state index in [2.05, 4.69) is 47.5 Å². The Kier molecular flexibility index (Phi) is 5.81. The maximum Gasteiger partial charge on any atom is 0.230 e. The van der Waals surface area contributed by atoms with Crippen molar-refractivity contribution >= 4 is 40.0 Å². The lowest BCUT2D eigenvalue weighted by Gasteiger charge is -2.21. The molecule has 0 aliphatic rings. The number of thiophene rings is 1. The van der Waals surface area contributed by atoms with Crippen LogP contribution in [-0.4, -0.2) is 21.6 Å². The monoisotopic (exact) mass is 373 g/mol. The van der Waals surface area contributed by atoms with Crippen LogP contribution >= 0.6 is 23.1 Å². The first kappa shape index (κ1) is 18.0. The third kappa shape index (κ3) is 4.44. The molecule has 6 heteroatoms. The normalized spacial score (nSPS) is 13.9. The minimum Gasteiger partial charge on any atom is -0.348 e. The number of hydrogen-bond donors (Lipinski definition) is 2. The summed E-state index contributed by atoms with van der Waals surface area (Å²) in [6, 6.07) is 12.2. The van der Waals surface area contributed by atoms with Crippen molar-refractivity contribution in [3.63, 3.8) is 0 Å². The largest absolute Gasteiger partial charge is 0.348 e. The zero-order valence-electron chi connectivity index (χ0n) is 14.7. The van der Waals surface area contributed by atoms with Crippen molar-refractivity contribution in [3.05, 3.63) is 52.5 Å². The number of fused-ring (bicyclic) bond motifs is 1. The van der Waals surface area contributed by atoms with Crippen LogP contribution in [0.5, 0.6) is 0 Å². The molecule has 2 heterocycles. The summed E-state index contributed by atoms with van der Waals surface area (Å²) in [7, 11) is 0. The summed E-state index contributed by atoms with van der Waals surface area (Å²) in [5.41, 5.74) is 2.00. The smallest absolute Gasteiger partial charge is 0.230 e. The second-order valence-electron chi connectivity index (χ2n) is 6.40. The maximum absolute atomic E-state index is 12.4. The van der Waals surface area contributed by atoms with Gasteiger partial charge >= 0.3 is 0 Å². The molecule has 0 bridgehead atoms. The first-order valence-corrected chi connectivity index (χ1v) is 10.4. The summed E-state index contributed by atoms with van der Waals surface area (Å²) in [6.07, 6.45) is 0. The Morgan fingerprint density at radius 1 is 1.24 bits per heavy atom. The van der Waals surface area contributed by atoms with Gasteiger partial charge in [0.1, 0.15) is 5.82 Å². The van der Waals surface area contributed by atoms with Crippen molar-refractivity contribution in [1.82, 2.24) is 15.3 Å². The second-order valence-corrected chi connectivity index (χ2v) is 8.71. The minimum absolute atomic E-state index is 0.0695. The third-order valence-corrected chi connectivity index (χ3v) is 6.20. The van der Waals surface area contributed by atoms with Gasteiger partial charge in [-0.25, -0.2) is 4.98 Å². The number of amides is 1. The molecule has 25 heavy (non-hydrogen) atoms. The van der Waals surface area contributed by atoms with Crippen molar-refractivity contribution in [2.24, 2.45) is 5.92 Å². The van der Waals surface area contributed by atoms with E-state index in [0.29, 0.717) is 11.7 Å². The molecule has 0 radical (unpaired) electrons. The predicted molar refractivity (Wildman–Crippen MR) is 107 cm³/mol. The van der Waals surface area contributed by atoms with E-state index in [1.54, 1.807) is 23.1 Å². The molecule has 2 aromatic heterocycles. The van der Waals surface area contributed by atoms with Gasteiger partial charge in [-0.05, 0) is 36.4 Å². The number of benzene rings is 1. The van der Waals surface area contributed by atoms with Crippen LogP contribution in [-0.2, 0) is 4.79 Å². The minimum atomic E-state index is 0.0695. The van der Waals surface area contributed by atoms with Gasteiger partial charge in [0.25, 0.3) is 0 Å². The van der Waals surface area contributed by atoms with Crippen molar-refractivity contribution < 1.29 is 4.79 Å². The van der Waals surface area contributed by atoms with Crippen molar-refractivity contribution in [2.75, 3.05) is 5.75 Å². The Bertz CT molecular complexity index is 793. The van der Waals surface area contributed by atoms with Gasteiger partial charge < -0.3 is 10.3 Å². The molecule has 132 valence electrons. The van der Waals surface area contributed by atoms with E-state index in [9.17, 15) is 4.79 Å². The molecule has 0 saturated heterocycles. The van der Waals surface area contributed by atoms with E-state index in [0.717, 1.165) is 16.9 Å². The average Bonchev–Trinajstić information content (AvgIpc) is 3.26. The van der Waals surface area contributed by atoms with E-state index in [4.69, 9.17) is 0 Å². The van der Waals surface area contributed by atoms with E-state index in [1.807, 2.05) is 30.3 Å². The predicted octanol–water partition coefficient (Wildman–Crippen LogP) is 4.93. The highest BCUT2D eigenvalue weighted by Gasteiger charge is 2.20. The first-order valence-electron chi connectivity index (χ1n) is 8.43. The number of nitrogens with one attached hydrogen (secondary N) is 2. The molecule has 0 spiro atoms. The lowest BCUT2D eigenvalue weighted by atomic mass is 10.0. The number of carbonyl (C=O) groups excluding carboxylic acids is 1. The molecule has 0 aliphatic heterocycles. The molecular formula is C19H23N3OS2. The molecule has 3 aromatic rings. The fourth-order valence-electron chi connectivity index (χ4n) is 2.69. The lowest BCUT2D eigenvalue weighted by molar-refractivity contribution is -0.119. The summed E-state index contributed by atoms with van der Waals surface area (Å²) < 4.78 is 0. The van der Waals surface area contributed by atoms with E-state index in [1.165, 1.54) is 4.88 Å². The Morgan fingerprint density at radius 3 is 2.72 bits per heavy atom. The molecule has 2 N–H and O–H groups in total. The Balaban J connectivity index is 1.57. The highest BCUT2D eigenvalue weighted by atomic mass is 32.2. The van der Waals surface area contributed by atoms with Gasteiger partial charge in [-0.2, -0.15) is 0 Å². The number of nitrogens with zero attached hydrogens (tertiary/aromatic N) is 1. The number of imidazole rings is 1. The van der Waals surface area contributed by atoms with Crippen molar-refractivity contribution in [2.45, 2.75) is 32.1 Å². The average molecular weight is 374 g/mol. The maximum atomic E-state index is 12.4. The van der Waals surface area contributed by atoms with Crippen molar-refractivity contribution in [1.29, 1.82) is 0 Å². The van der Waals surface area contributed by atoms with Crippen LogP contribution in [0.1, 0.15) is 42.8 Å². The van der Waals surface area contributed by atoms with Crippen LogP contribution < -0.4 is 5.32 Å². The fraction of sp³-hybridized carbons (Fsp3) is 0.368. The number of aromatic amines is 1. The number of hydrogen-bond acceptors (Lipinski definition) is 4. The third-order valence-electron chi connectivity index (χ3n) is 4.09. The van der Waals surface area contributed by atoms with Crippen LogP contribution in [0.25, 0.3) is 11.0 Å².